The molecule has 2 rings (SSSR count). The highest BCUT2D eigenvalue weighted by Crippen LogP contribution is 2.24. The van der Waals surface area contributed by atoms with Gasteiger partial charge in [0, 0.05) is 5.70 Å². The molecule has 1 aromatic carbocycles. The second kappa shape index (κ2) is 6.93. The number of hydrogen-bond acceptors (Lipinski definition) is 7. The summed E-state index contributed by atoms with van der Waals surface area (Å²) in [5, 5.41) is 16.8. The van der Waals surface area contributed by atoms with Crippen molar-refractivity contribution in [3.63, 3.8) is 0 Å². The molecule has 0 fully saturated rings. The van der Waals surface area contributed by atoms with Crippen molar-refractivity contribution >= 4 is 17.5 Å². The number of thioether (sulfide) groups is 1. The summed E-state index contributed by atoms with van der Waals surface area (Å²) in [5.41, 5.74) is 5.73. The normalized spacial score (nSPS) is 11.7. The van der Waals surface area contributed by atoms with Crippen LogP contribution < -0.4 is 11.6 Å². The molecule has 4 N–H and O–H groups in total. The van der Waals surface area contributed by atoms with E-state index in [2.05, 4.69) is 10.2 Å². The molecule has 0 aliphatic carbocycles. The minimum Gasteiger partial charge on any atom is -0.401 e. The highest BCUT2D eigenvalue weighted by Gasteiger charge is 2.18. The molecule has 0 spiro atoms. The molecule has 23 heavy (non-hydrogen) atoms. The number of nitrogens with two attached hydrogens (primary N) is 2. The van der Waals surface area contributed by atoms with Gasteiger partial charge in [0.05, 0.1) is 11.3 Å². The van der Waals surface area contributed by atoms with Crippen LogP contribution in [0, 0.1) is 17.1 Å². The van der Waals surface area contributed by atoms with E-state index in [1.807, 2.05) is 0 Å². The standard InChI is InChI=1S/C14H13FN6OS/c1-8(17)10(6-16)12(22)7-23-14-20-19-13(21(14)18)9-4-2-3-5-11(9)15/h2-5H,7,17-18H2,1H3. The molecule has 0 aliphatic heterocycles. The number of hydrogen-bond donors (Lipinski definition) is 2. The molecule has 0 saturated carbocycles. The summed E-state index contributed by atoms with van der Waals surface area (Å²) < 4.78 is 14.9. The van der Waals surface area contributed by atoms with Gasteiger partial charge < -0.3 is 11.6 Å². The molecular formula is C14H13FN6OS. The largest absolute Gasteiger partial charge is 0.401 e. The Bertz CT molecular complexity index is 819. The lowest BCUT2D eigenvalue weighted by molar-refractivity contribution is -0.112. The molecule has 7 nitrogen and oxygen atoms in total. The van der Waals surface area contributed by atoms with E-state index in [-0.39, 0.29) is 33.6 Å². The average Bonchev–Trinajstić information content (AvgIpc) is 2.87. The first kappa shape index (κ1) is 16.5. The fourth-order valence-electron chi connectivity index (χ4n) is 1.77. The number of allylic oxidation sites excluding steroid dienone is 2. The first-order chi connectivity index (χ1) is 11.0. The summed E-state index contributed by atoms with van der Waals surface area (Å²) in [7, 11) is 0. The smallest absolute Gasteiger partial charge is 0.210 e. The topological polar surface area (TPSA) is 124 Å². The molecular weight excluding hydrogens is 319 g/mol. The number of rotatable bonds is 5. The summed E-state index contributed by atoms with van der Waals surface area (Å²) in [4.78, 5) is 11.9. The number of ketones is 1. The molecule has 1 aromatic heterocycles. The van der Waals surface area contributed by atoms with Crippen molar-refractivity contribution in [3.05, 3.63) is 41.4 Å². The van der Waals surface area contributed by atoms with Gasteiger partial charge in [0.15, 0.2) is 11.6 Å². The zero-order valence-corrected chi connectivity index (χ0v) is 13.0. The Morgan fingerprint density at radius 1 is 1.43 bits per heavy atom. The van der Waals surface area contributed by atoms with Gasteiger partial charge in [-0.2, -0.15) is 5.26 Å². The van der Waals surface area contributed by atoms with Gasteiger partial charge in [-0.3, -0.25) is 4.79 Å². The Balaban J connectivity index is 2.19. The van der Waals surface area contributed by atoms with E-state index in [0.717, 1.165) is 16.4 Å². The number of nitrogen functional groups attached to an aromatic ring is 1. The lowest BCUT2D eigenvalue weighted by atomic mass is 10.2. The molecule has 0 saturated heterocycles. The van der Waals surface area contributed by atoms with E-state index in [9.17, 15) is 9.18 Å². The zero-order chi connectivity index (χ0) is 17.0. The molecule has 0 amide bonds. The van der Waals surface area contributed by atoms with Crippen LogP contribution in [0.15, 0.2) is 40.7 Å². The van der Waals surface area contributed by atoms with Crippen molar-refractivity contribution in [2.45, 2.75) is 12.1 Å². The molecule has 0 radical (unpaired) electrons. The number of benzene rings is 1. The second-order valence-electron chi connectivity index (χ2n) is 4.54. The Hall–Kier alpha value is -2.86. The summed E-state index contributed by atoms with van der Waals surface area (Å²) in [6.45, 7) is 1.48. The van der Waals surface area contributed by atoms with E-state index in [0.29, 0.717) is 0 Å². The fourth-order valence-corrected chi connectivity index (χ4v) is 2.50. The molecule has 0 atom stereocenters. The van der Waals surface area contributed by atoms with Gasteiger partial charge in [-0.1, -0.05) is 23.9 Å². The van der Waals surface area contributed by atoms with Gasteiger partial charge in [0.25, 0.3) is 0 Å². The van der Waals surface area contributed by atoms with Gasteiger partial charge in [0.1, 0.15) is 17.5 Å². The van der Waals surface area contributed by atoms with Gasteiger partial charge in [-0.05, 0) is 19.1 Å². The number of nitriles is 1. The molecule has 118 valence electrons. The van der Waals surface area contributed by atoms with Gasteiger partial charge in [-0.15, -0.1) is 10.2 Å². The van der Waals surface area contributed by atoms with Crippen LogP contribution in [0.4, 0.5) is 4.39 Å². The Morgan fingerprint density at radius 3 is 2.74 bits per heavy atom. The number of carbonyl (C=O) groups excluding carboxylic acids is 1. The summed E-state index contributed by atoms with van der Waals surface area (Å²) in [5.74, 6) is 5.00. The second-order valence-corrected chi connectivity index (χ2v) is 5.48. The van der Waals surface area contributed by atoms with Gasteiger partial charge in [0.2, 0.25) is 5.16 Å². The number of halogens is 1. The van der Waals surface area contributed by atoms with Crippen molar-refractivity contribution in [2.75, 3.05) is 11.6 Å². The third-order valence-corrected chi connectivity index (χ3v) is 3.84. The third-order valence-electron chi connectivity index (χ3n) is 2.90. The van der Waals surface area contributed by atoms with Crippen LogP contribution >= 0.6 is 11.8 Å². The highest BCUT2D eigenvalue weighted by molar-refractivity contribution is 7.99. The van der Waals surface area contributed by atoms with Crippen LogP contribution in [0.1, 0.15) is 6.92 Å². The first-order valence-electron chi connectivity index (χ1n) is 6.43. The lowest BCUT2D eigenvalue weighted by Crippen LogP contribution is -2.14. The van der Waals surface area contributed by atoms with E-state index in [1.165, 1.54) is 19.1 Å². The van der Waals surface area contributed by atoms with Crippen LogP contribution in [0.2, 0.25) is 0 Å². The number of aromatic nitrogens is 3. The van der Waals surface area contributed by atoms with Crippen LogP contribution in [0.25, 0.3) is 11.4 Å². The van der Waals surface area contributed by atoms with Gasteiger partial charge >= 0.3 is 0 Å². The monoisotopic (exact) mass is 332 g/mol. The van der Waals surface area contributed by atoms with E-state index in [4.69, 9.17) is 16.8 Å². The van der Waals surface area contributed by atoms with Crippen molar-refractivity contribution < 1.29 is 9.18 Å². The maximum absolute atomic E-state index is 13.8. The molecule has 0 bridgehead atoms. The fraction of sp³-hybridized carbons (Fsp3) is 0.143. The van der Waals surface area contributed by atoms with Crippen LogP contribution in [0.3, 0.4) is 0 Å². The summed E-state index contributed by atoms with van der Waals surface area (Å²) >= 11 is 0.989. The summed E-state index contributed by atoms with van der Waals surface area (Å²) in [6, 6.07) is 7.77. The van der Waals surface area contributed by atoms with E-state index < -0.39 is 11.6 Å². The number of carbonyl (C=O) groups is 1. The zero-order valence-electron chi connectivity index (χ0n) is 12.2. The molecule has 2 aromatic rings. The van der Waals surface area contributed by atoms with Crippen molar-refractivity contribution in [2.24, 2.45) is 5.73 Å². The SMILES string of the molecule is CC(N)=C(C#N)C(=O)CSc1nnc(-c2ccccc2F)n1N. The number of nitrogens with zero attached hydrogens (tertiary/aromatic N) is 4. The molecule has 1 heterocycles. The van der Waals surface area contributed by atoms with Crippen molar-refractivity contribution in [3.8, 4) is 17.5 Å². The Kier molecular flexibility index (Phi) is 4.98. The predicted octanol–water partition coefficient (Wildman–Crippen LogP) is 1.22. The lowest BCUT2D eigenvalue weighted by Gasteiger charge is -2.04. The minimum atomic E-state index is -0.479. The third kappa shape index (κ3) is 3.49. The maximum Gasteiger partial charge on any atom is 0.210 e. The minimum absolute atomic E-state index is 0.0793. The van der Waals surface area contributed by atoms with E-state index in [1.54, 1.807) is 18.2 Å². The highest BCUT2D eigenvalue weighted by atomic mass is 32.2. The molecule has 0 aliphatic rings. The van der Waals surface area contributed by atoms with Crippen molar-refractivity contribution in [1.82, 2.24) is 14.9 Å². The molecule has 9 heteroatoms. The summed E-state index contributed by atoms with van der Waals surface area (Å²) in [6.07, 6.45) is 0. The quantitative estimate of drug-likeness (QED) is 0.365. The Labute approximate surface area is 135 Å². The maximum atomic E-state index is 13.8. The van der Waals surface area contributed by atoms with Crippen LogP contribution in [-0.4, -0.2) is 26.4 Å². The Morgan fingerprint density at radius 2 is 2.13 bits per heavy atom. The first-order valence-corrected chi connectivity index (χ1v) is 7.42. The van der Waals surface area contributed by atoms with Crippen LogP contribution in [-0.2, 0) is 4.79 Å². The number of Topliss-reactive ketones (excluding diaryl/α,β-unsaturated/α-hetero) is 1. The van der Waals surface area contributed by atoms with Crippen molar-refractivity contribution in [1.29, 1.82) is 5.26 Å². The average molecular weight is 332 g/mol. The molecule has 0 unspecified atom stereocenters. The van der Waals surface area contributed by atoms with Gasteiger partial charge in [-0.25, -0.2) is 9.07 Å². The van der Waals surface area contributed by atoms with E-state index >= 15 is 0 Å². The predicted molar refractivity (Wildman–Crippen MR) is 83.8 cm³/mol. The van der Waals surface area contributed by atoms with Crippen LogP contribution in [0.5, 0.6) is 0 Å².